The summed E-state index contributed by atoms with van der Waals surface area (Å²) in [7, 11) is 0. The molecule has 5 heteroatoms. The van der Waals surface area contributed by atoms with Gasteiger partial charge in [-0.15, -0.1) is 0 Å². The Kier molecular flexibility index (Phi) is 7.43. The second-order valence-electron chi connectivity index (χ2n) is 13.9. The van der Waals surface area contributed by atoms with Crippen LogP contribution in [0.5, 0.6) is 0 Å². The van der Waals surface area contributed by atoms with E-state index in [0.717, 1.165) is 56.2 Å². The van der Waals surface area contributed by atoms with E-state index in [1.807, 2.05) is 12.1 Å². The minimum Gasteiger partial charge on any atom is -0.478 e. The van der Waals surface area contributed by atoms with Gasteiger partial charge in [-0.2, -0.15) is 0 Å². The lowest BCUT2D eigenvalue weighted by molar-refractivity contribution is -0.134. The Morgan fingerprint density at radius 3 is 2.14 bits per heavy atom. The molecule has 0 radical (unpaired) electrons. The Morgan fingerprint density at radius 1 is 1.06 bits per heavy atom. The highest BCUT2D eigenvalue weighted by Crippen LogP contribution is 2.50. The molecule has 1 aromatic carbocycles. The molecule has 1 aliphatic heterocycles. The van der Waals surface area contributed by atoms with Crippen LogP contribution >= 0.6 is 0 Å². The number of hydrogen-bond acceptors (Lipinski definition) is 3. The molecule has 5 nitrogen and oxygen atoms in total. The average molecular weight is 495 g/mol. The molecule has 1 heterocycles. The molecule has 4 rings (SSSR count). The first-order valence-corrected chi connectivity index (χ1v) is 14.0. The van der Waals surface area contributed by atoms with Gasteiger partial charge < -0.3 is 10.0 Å². The highest BCUT2D eigenvalue weighted by Gasteiger charge is 2.52. The van der Waals surface area contributed by atoms with Crippen LogP contribution in [0.15, 0.2) is 29.3 Å². The predicted molar refractivity (Wildman–Crippen MR) is 145 cm³/mol. The van der Waals surface area contributed by atoms with Crippen molar-refractivity contribution in [3.63, 3.8) is 0 Å². The van der Waals surface area contributed by atoms with Gasteiger partial charge >= 0.3 is 5.97 Å². The zero-order valence-electron chi connectivity index (χ0n) is 23.3. The predicted octanol–water partition coefficient (Wildman–Crippen LogP) is 7.66. The van der Waals surface area contributed by atoms with E-state index in [2.05, 4.69) is 46.4 Å². The molecule has 1 atom stereocenters. The summed E-state index contributed by atoms with van der Waals surface area (Å²) in [6.07, 6.45) is 10.3. The van der Waals surface area contributed by atoms with Crippen molar-refractivity contribution in [1.82, 2.24) is 4.90 Å². The van der Waals surface area contributed by atoms with E-state index in [1.54, 1.807) is 12.1 Å². The Morgan fingerprint density at radius 2 is 1.67 bits per heavy atom. The van der Waals surface area contributed by atoms with E-state index in [0.29, 0.717) is 11.8 Å². The molecule has 1 amide bonds. The van der Waals surface area contributed by atoms with Gasteiger partial charge in [-0.25, -0.2) is 4.79 Å². The quantitative estimate of drug-likeness (QED) is 0.423. The number of rotatable bonds is 7. The molecule has 2 aliphatic carbocycles. The van der Waals surface area contributed by atoms with Crippen molar-refractivity contribution >= 4 is 17.6 Å². The normalized spacial score (nSPS) is 26.2. The molecular weight excluding hydrogens is 448 g/mol. The summed E-state index contributed by atoms with van der Waals surface area (Å²) in [5, 5.41) is 9.43. The number of carbonyl (C=O) groups excluding carboxylic acids is 1. The molecule has 0 bridgehead atoms. The van der Waals surface area contributed by atoms with Crippen molar-refractivity contribution in [1.29, 1.82) is 0 Å². The van der Waals surface area contributed by atoms with Gasteiger partial charge in [0.2, 0.25) is 0 Å². The number of hydrogen-bond donors (Lipinski definition) is 1. The molecule has 2 saturated carbocycles. The summed E-state index contributed by atoms with van der Waals surface area (Å²) in [6, 6.07) is 7.10. The van der Waals surface area contributed by atoms with E-state index in [9.17, 15) is 14.7 Å². The number of amides is 1. The van der Waals surface area contributed by atoms with Crippen molar-refractivity contribution in [2.45, 2.75) is 117 Å². The Labute approximate surface area is 217 Å². The van der Waals surface area contributed by atoms with Crippen LogP contribution in [0.4, 0.5) is 0 Å². The lowest BCUT2D eigenvalue weighted by atomic mass is 9.69. The fourth-order valence-electron chi connectivity index (χ4n) is 6.38. The summed E-state index contributed by atoms with van der Waals surface area (Å²) in [5.74, 6) is 0.429. The van der Waals surface area contributed by atoms with Crippen LogP contribution in [-0.2, 0) is 4.79 Å². The zero-order chi connectivity index (χ0) is 26.3. The molecule has 0 aromatic heterocycles. The summed E-state index contributed by atoms with van der Waals surface area (Å²) < 4.78 is 0. The van der Waals surface area contributed by atoms with Gasteiger partial charge in [0.25, 0.3) is 5.91 Å². The lowest BCUT2D eigenvalue weighted by Crippen LogP contribution is -2.51. The third-order valence-corrected chi connectivity index (χ3v) is 9.00. The molecule has 198 valence electrons. The number of carboxylic acid groups (broad SMARTS) is 1. The SMILES string of the molecule is CC(C)(C)CC[C@H](c1ccc(C(=O)O)cc1)N1C(=O)C(CC2CCC2)=NC12CCC(C(C)(C)C)CC2. The van der Waals surface area contributed by atoms with Crippen LogP contribution in [0.1, 0.15) is 128 Å². The average Bonchev–Trinajstić information content (AvgIpc) is 3.01. The molecule has 2 fully saturated rings. The number of carboxylic acids is 1. The van der Waals surface area contributed by atoms with Crippen molar-refractivity contribution in [3.05, 3.63) is 35.4 Å². The number of carbonyl (C=O) groups is 2. The molecule has 0 unspecified atom stereocenters. The summed E-state index contributed by atoms with van der Waals surface area (Å²) >= 11 is 0. The number of benzene rings is 1. The maximum absolute atomic E-state index is 14.1. The minimum atomic E-state index is -0.923. The number of nitrogens with zero attached hydrogens (tertiary/aromatic N) is 2. The van der Waals surface area contributed by atoms with Crippen LogP contribution < -0.4 is 0 Å². The Balaban J connectivity index is 1.70. The van der Waals surface area contributed by atoms with Crippen LogP contribution in [0.3, 0.4) is 0 Å². The summed E-state index contributed by atoms with van der Waals surface area (Å²) in [5.41, 5.74) is 2.02. The minimum absolute atomic E-state index is 0.103. The summed E-state index contributed by atoms with van der Waals surface area (Å²) in [6.45, 7) is 13.7. The van der Waals surface area contributed by atoms with Gasteiger partial charge in [-0.3, -0.25) is 9.79 Å². The van der Waals surface area contributed by atoms with E-state index in [1.165, 1.54) is 19.3 Å². The topological polar surface area (TPSA) is 70.0 Å². The smallest absolute Gasteiger partial charge is 0.335 e. The van der Waals surface area contributed by atoms with Crippen LogP contribution in [-0.4, -0.2) is 33.3 Å². The largest absolute Gasteiger partial charge is 0.478 e. The molecule has 0 saturated heterocycles. The molecular formula is C31H46N2O3. The summed E-state index contributed by atoms with van der Waals surface area (Å²) in [4.78, 5) is 33.1. The van der Waals surface area contributed by atoms with Crippen molar-refractivity contribution in [2.75, 3.05) is 0 Å². The Hall–Kier alpha value is -2.17. The van der Waals surface area contributed by atoms with Gasteiger partial charge in [0.15, 0.2) is 0 Å². The van der Waals surface area contributed by atoms with E-state index < -0.39 is 11.6 Å². The van der Waals surface area contributed by atoms with Gasteiger partial charge in [0.05, 0.1) is 11.6 Å². The van der Waals surface area contributed by atoms with E-state index in [4.69, 9.17) is 4.99 Å². The van der Waals surface area contributed by atoms with Crippen LogP contribution in [0, 0.1) is 22.7 Å². The standard InChI is InChI=1S/C31H46N2O3/c1-29(2,3)17-16-26(22-10-12-23(13-11-22)28(35)36)33-27(34)25(20-21-8-7-9-21)32-31(33)18-14-24(15-19-31)30(4,5)6/h10-13,21,24,26H,7-9,14-20H2,1-6H3,(H,35,36)/t24?,26-,31?/m1/s1. The molecule has 1 aromatic rings. The van der Waals surface area contributed by atoms with E-state index in [-0.39, 0.29) is 28.3 Å². The van der Waals surface area contributed by atoms with Gasteiger partial charge in [-0.1, -0.05) is 72.9 Å². The maximum atomic E-state index is 14.1. The highest BCUT2D eigenvalue weighted by molar-refractivity contribution is 6.40. The third kappa shape index (κ3) is 5.70. The second-order valence-corrected chi connectivity index (χ2v) is 13.9. The monoisotopic (exact) mass is 494 g/mol. The fraction of sp³-hybridized carbons (Fsp3) is 0.710. The van der Waals surface area contributed by atoms with Crippen LogP contribution in [0.2, 0.25) is 0 Å². The van der Waals surface area contributed by atoms with Gasteiger partial charge in [0, 0.05) is 0 Å². The zero-order valence-corrected chi connectivity index (χ0v) is 23.3. The number of aliphatic imine (C=N–C) groups is 1. The van der Waals surface area contributed by atoms with Crippen LogP contribution in [0.25, 0.3) is 0 Å². The second kappa shape index (κ2) is 9.95. The molecule has 1 spiro atoms. The van der Waals surface area contributed by atoms with Crippen molar-refractivity contribution in [3.8, 4) is 0 Å². The first kappa shape index (κ1) is 26.9. The first-order valence-electron chi connectivity index (χ1n) is 14.0. The van der Waals surface area contributed by atoms with Crippen molar-refractivity contribution in [2.24, 2.45) is 27.7 Å². The first-order chi connectivity index (χ1) is 16.8. The maximum Gasteiger partial charge on any atom is 0.335 e. The molecule has 1 N–H and O–H groups in total. The van der Waals surface area contributed by atoms with Crippen molar-refractivity contribution < 1.29 is 14.7 Å². The van der Waals surface area contributed by atoms with Gasteiger partial charge in [-0.05, 0) is 85.3 Å². The molecule has 3 aliphatic rings. The fourth-order valence-corrected chi connectivity index (χ4v) is 6.38. The highest BCUT2D eigenvalue weighted by atomic mass is 16.4. The Bertz CT molecular complexity index is 984. The lowest BCUT2D eigenvalue weighted by Gasteiger charge is -2.48. The van der Waals surface area contributed by atoms with Gasteiger partial charge in [0.1, 0.15) is 11.4 Å². The third-order valence-electron chi connectivity index (χ3n) is 9.00. The van der Waals surface area contributed by atoms with E-state index >= 15 is 0 Å². The number of aromatic carboxylic acids is 1. The molecule has 36 heavy (non-hydrogen) atoms.